The van der Waals surface area contributed by atoms with Crippen molar-refractivity contribution >= 4 is 11.8 Å². The molecule has 0 unspecified atom stereocenters. The van der Waals surface area contributed by atoms with E-state index in [9.17, 15) is 10.2 Å². The highest BCUT2D eigenvalue weighted by molar-refractivity contribution is 7.99. The molecule has 2 N–H and O–H groups in total. The van der Waals surface area contributed by atoms with Gasteiger partial charge in [-0.05, 0) is 23.2 Å². The first-order valence-corrected chi connectivity index (χ1v) is 7.33. The molecule has 1 aliphatic heterocycles. The van der Waals surface area contributed by atoms with Gasteiger partial charge in [-0.2, -0.15) is 0 Å². The molecule has 1 fully saturated rings. The number of thioether (sulfide) groups is 1. The van der Waals surface area contributed by atoms with Crippen LogP contribution in [0, 0.1) is 0 Å². The Morgan fingerprint density at radius 2 is 1.77 bits per heavy atom. The molecule has 22 heavy (non-hydrogen) atoms. The van der Waals surface area contributed by atoms with Gasteiger partial charge in [-0.1, -0.05) is 40.2 Å². The number of aliphatic hydroxyl groups excluding tert-OH is 2. The number of ether oxygens (including phenoxy) is 1. The van der Waals surface area contributed by atoms with Crippen molar-refractivity contribution in [3.8, 4) is 0 Å². The van der Waals surface area contributed by atoms with Gasteiger partial charge in [-0.25, -0.2) is 0 Å². The zero-order valence-electron chi connectivity index (χ0n) is 11.4. The van der Waals surface area contributed by atoms with E-state index in [1.807, 2.05) is 30.3 Å². The van der Waals surface area contributed by atoms with Gasteiger partial charge in [-0.3, -0.25) is 0 Å². The van der Waals surface area contributed by atoms with Crippen molar-refractivity contribution in [2.24, 2.45) is 10.2 Å². The van der Waals surface area contributed by atoms with Gasteiger partial charge in [0.15, 0.2) is 0 Å². The molecule has 2 rings (SSSR count). The maximum atomic E-state index is 10.1. The van der Waals surface area contributed by atoms with Crippen LogP contribution in [0.4, 0.5) is 0 Å². The van der Waals surface area contributed by atoms with E-state index >= 15 is 0 Å². The molecule has 0 amide bonds. The van der Waals surface area contributed by atoms with Gasteiger partial charge < -0.3 is 14.9 Å². The van der Waals surface area contributed by atoms with Crippen molar-refractivity contribution in [1.82, 2.24) is 0 Å². The second-order valence-electron chi connectivity index (χ2n) is 4.54. The Morgan fingerprint density at radius 1 is 1.14 bits per heavy atom. The summed E-state index contributed by atoms with van der Waals surface area (Å²) in [5, 5.41) is 26.5. The van der Waals surface area contributed by atoms with Crippen molar-refractivity contribution in [3.63, 3.8) is 0 Å². The number of hydrogen-bond acceptors (Lipinski definition) is 6. The van der Waals surface area contributed by atoms with E-state index in [2.05, 4.69) is 20.1 Å². The van der Waals surface area contributed by atoms with Crippen molar-refractivity contribution in [2.45, 2.75) is 34.6 Å². The third kappa shape index (κ3) is 3.63. The maximum absolute atomic E-state index is 10.1. The first-order chi connectivity index (χ1) is 10.7. The minimum Gasteiger partial charge on any atom is -0.394 e. The second-order valence-corrected chi connectivity index (χ2v) is 5.71. The fourth-order valence-electron chi connectivity index (χ4n) is 2.18. The molecule has 1 aromatic carbocycles. The molecule has 0 bridgehead atoms. The van der Waals surface area contributed by atoms with Crippen LogP contribution in [0.25, 0.3) is 20.9 Å². The maximum Gasteiger partial charge on any atom is 0.117 e. The Bertz CT molecular complexity index is 590. The van der Waals surface area contributed by atoms with Gasteiger partial charge in [0, 0.05) is 14.7 Å². The monoisotopic (exact) mass is 322 g/mol. The van der Waals surface area contributed by atoms with Crippen LogP contribution in [0.5, 0.6) is 0 Å². The summed E-state index contributed by atoms with van der Waals surface area (Å²) in [6.45, 7) is -0.437. The molecule has 1 aliphatic rings. The van der Waals surface area contributed by atoms with Crippen LogP contribution in [-0.4, -0.2) is 46.5 Å². The molecule has 10 heteroatoms. The number of hydrogen-bond donors (Lipinski definition) is 2. The smallest absolute Gasteiger partial charge is 0.117 e. The zero-order chi connectivity index (χ0) is 15.9. The first-order valence-electron chi connectivity index (χ1n) is 6.45. The van der Waals surface area contributed by atoms with E-state index in [0.29, 0.717) is 0 Å². The fourth-order valence-corrected chi connectivity index (χ4v) is 3.31. The minimum atomic E-state index is -1.25. The summed E-state index contributed by atoms with van der Waals surface area (Å²) in [6, 6.07) is 7.36. The Kier molecular flexibility index (Phi) is 5.91. The van der Waals surface area contributed by atoms with Gasteiger partial charge in [0.2, 0.25) is 0 Å². The third-order valence-corrected chi connectivity index (χ3v) is 4.38. The number of aliphatic hydroxyl groups is 2. The molecule has 0 aliphatic carbocycles. The lowest BCUT2D eigenvalue weighted by atomic mass is 9.97. The van der Waals surface area contributed by atoms with E-state index in [0.717, 1.165) is 4.90 Å². The topological polar surface area (TPSA) is 147 Å². The molecule has 116 valence electrons. The molecule has 5 atom stereocenters. The number of azide groups is 2. The molecule has 0 radical (unpaired) electrons. The van der Waals surface area contributed by atoms with E-state index in [-0.39, 0.29) is 0 Å². The van der Waals surface area contributed by atoms with Crippen molar-refractivity contribution in [3.05, 3.63) is 51.2 Å². The molecule has 1 aromatic rings. The lowest BCUT2D eigenvalue weighted by Crippen LogP contribution is -2.55. The Balaban J connectivity index is 2.31. The van der Waals surface area contributed by atoms with E-state index in [1.54, 1.807) is 0 Å². The number of nitrogens with zero attached hydrogens (tertiary/aromatic N) is 6. The molecule has 9 nitrogen and oxygen atoms in total. The fraction of sp³-hybridized carbons (Fsp3) is 0.500. The average molecular weight is 322 g/mol. The summed E-state index contributed by atoms with van der Waals surface area (Å²) in [5.74, 6) is 0. The van der Waals surface area contributed by atoms with Gasteiger partial charge >= 0.3 is 0 Å². The van der Waals surface area contributed by atoms with Gasteiger partial charge in [0.05, 0.1) is 24.8 Å². The Hall–Kier alpha value is -1.93. The van der Waals surface area contributed by atoms with Crippen LogP contribution in [0.1, 0.15) is 0 Å². The standard InChI is InChI=1S/C12H14N6O3S/c13-17-15-9-10(16-18-14)12(21-8(6-19)11(9)20)22-7-4-2-1-3-5-7/h1-5,8-12,19-20H,6H2/t8-,9-,10+,11-,12+/m1/s1. The van der Waals surface area contributed by atoms with Crippen LogP contribution in [0.3, 0.4) is 0 Å². The van der Waals surface area contributed by atoms with Crippen LogP contribution in [0.2, 0.25) is 0 Å². The van der Waals surface area contributed by atoms with Gasteiger partial charge in [0.25, 0.3) is 0 Å². The van der Waals surface area contributed by atoms with Crippen molar-refractivity contribution in [2.75, 3.05) is 6.61 Å². The quantitative estimate of drug-likeness (QED) is 0.485. The summed E-state index contributed by atoms with van der Waals surface area (Å²) < 4.78 is 5.61. The summed E-state index contributed by atoms with van der Waals surface area (Å²) in [7, 11) is 0. The van der Waals surface area contributed by atoms with Crippen molar-refractivity contribution < 1.29 is 14.9 Å². The molecular weight excluding hydrogens is 308 g/mol. The second kappa shape index (κ2) is 7.90. The molecule has 1 heterocycles. The molecular formula is C12H14N6O3S. The summed E-state index contributed by atoms with van der Waals surface area (Å²) in [6.07, 6.45) is -2.16. The number of benzene rings is 1. The summed E-state index contributed by atoms with van der Waals surface area (Å²) >= 11 is 1.27. The first kappa shape index (κ1) is 16.4. The Morgan fingerprint density at radius 3 is 2.36 bits per heavy atom. The lowest BCUT2D eigenvalue weighted by molar-refractivity contribution is -0.122. The molecule has 0 saturated carbocycles. The lowest BCUT2D eigenvalue weighted by Gasteiger charge is -2.40. The SMILES string of the molecule is [N-]=[N+]=N[C@H]1[C@H](O)[C@@H](CO)O[C@@H](Sc2ccccc2)[C@H]1N=[N+]=[N-]. The number of rotatable bonds is 5. The van der Waals surface area contributed by atoms with Gasteiger partial charge in [-0.15, -0.1) is 0 Å². The minimum absolute atomic E-state index is 0.437. The molecule has 0 aromatic heterocycles. The van der Waals surface area contributed by atoms with E-state index in [4.69, 9.17) is 15.8 Å². The molecule has 0 spiro atoms. The van der Waals surface area contributed by atoms with Gasteiger partial charge in [0.1, 0.15) is 11.5 Å². The van der Waals surface area contributed by atoms with Crippen molar-refractivity contribution in [1.29, 1.82) is 0 Å². The van der Waals surface area contributed by atoms with Crippen LogP contribution in [-0.2, 0) is 4.74 Å². The van der Waals surface area contributed by atoms with Crippen LogP contribution >= 0.6 is 11.8 Å². The molecule has 1 saturated heterocycles. The predicted molar refractivity (Wildman–Crippen MR) is 79.9 cm³/mol. The van der Waals surface area contributed by atoms with E-state index in [1.165, 1.54) is 11.8 Å². The highest BCUT2D eigenvalue weighted by atomic mass is 32.2. The van der Waals surface area contributed by atoms with Crippen LogP contribution < -0.4 is 0 Å². The highest BCUT2D eigenvalue weighted by Gasteiger charge is 2.44. The predicted octanol–water partition coefficient (Wildman–Crippen LogP) is 2.21. The third-order valence-electron chi connectivity index (χ3n) is 3.21. The largest absolute Gasteiger partial charge is 0.394 e. The average Bonchev–Trinajstić information content (AvgIpc) is 2.54. The summed E-state index contributed by atoms with van der Waals surface area (Å²) in [4.78, 5) is 6.29. The van der Waals surface area contributed by atoms with Crippen LogP contribution in [0.15, 0.2) is 45.5 Å². The normalized spacial score (nSPS) is 30.9. The Labute approximate surface area is 130 Å². The highest BCUT2D eigenvalue weighted by Crippen LogP contribution is 2.36. The van der Waals surface area contributed by atoms with E-state index < -0.39 is 36.3 Å². The zero-order valence-corrected chi connectivity index (χ0v) is 12.2. The summed E-state index contributed by atoms with van der Waals surface area (Å²) in [5.41, 5.74) is 16.7.